The van der Waals surface area contributed by atoms with Gasteiger partial charge in [-0.05, 0) is 25.5 Å². The number of allylic oxidation sites excluding steroid dienone is 1. The molecule has 0 bridgehead atoms. The van der Waals surface area contributed by atoms with Crippen molar-refractivity contribution in [3.63, 3.8) is 0 Å². The predicted molar refractivity (Wildman–Crippen MR) is 62.4 cm³/mol. The summed E-state index contributed by atoms with van der Waals surface area (Å²) in [7, 11) is 0. The van der Waals surface area contributed by atoms with E-state index in [-0.39, 0.29) is 6.10 Å². The van der Waals surface area contributed by atoms with E-state index in [1.807, 2.05) is 38.1 Å². The Hall–Kier alpha value is -0.730. The maximum atomic E-state index is 9.69. The molecule has 0 amide bonds. The van der Waals surface area contributed by atoms with Crippen molar-refractivity contribution >= 4 is 11.8 Å². The fraction of sp³-hybridized carbons (Fsp3) is 0.333. The van der Waals surface area contributed by atoms with Gasteiger partial charge in [0.1, 0.15) is 0 Å². The number of hydrogen-bond acceptors (Lipinski definition) is 2. The molecule has 1 N–H and O–H groups in total. The van der Waals surface area contributed by atoms with E-state index in [2.05, 4.69) is 12.1 Å². The first kappa shape index (κ1) is 11.3. The molecule has 14 heavy (non-hydrogen) atoms. The number of hydrogen-bond donors (Lipinski definition) is 1. The summed E-state index contributed by atoms with van der Waals surface area (Å²) in [6.45, 7) is 3.95. The van der Waals surface area contributed by atoms with Gasteiger partial charge in [-0.15, -0.1) is 0 Å². The van der Waals surface area contributed by atoms with Gasteiger partial charge in [-0.25, -0.2) is 0 Å². The Balaban J connectivity index is 2.68. The zero-order valence-electron chi connectivity index (χ0n) is 8.60. The molecule has 1 atom stereocenters. The van der Waals surface area contributed by atoms with E-state index in [0.717, 1.165) is 11.3 Å². The predicted octanol–water partition coefficient (Wildman–Crippen LogP) is 3.45. The molecule has 1 aromatic rings. The summed E-state index contributed by atoms with van der Waals surface area (Å²) >= 11 is 1.63. The number of rotatable bonds is 4. The van der Waals surface area contributed by atoms with Crippen LogP contribution in [-0.4, -0.2) is 11.2 Å². The summed E-state index contributed by atoms with van der Waals surface area (Å²) < 4.78 is 0. The van der Waals surface area contributed by atoms with E-state index in [9.17, 15) is 5.11 Å². The minimum Gasteiger partial charge on any atom is -0.388 e. The molecular formula is C12H16OS. The minimum atomic E-state index is -0.329. The Kier molecular flexibility index (Phi) is 4.77. The molecule has 1 rings (SSSR count). The van der Waals surface area contributed by atoms with Gasteiger partial charge in [0, 0.05) is 9.80 Å². The molecule has 2 heteroatoms. The van der Waals surface area contributed by atoms with E-state index < -0.39 is 0 Å². The van der Waals surface area contributed by atoms with Crippen molar-refractivity contribution in [2.45, 2.75) is 31.3 Å². The number of aliphatic hydroxyl groups is 1. The van der Waals surface area contributed by atoms with Crippen LogP contribution in [-0.2, 0) is 0 Å². The van der Waals surface area contributed by atoms with Gasteiger partial charge in [-0.2, -0.15) is 0 Å². The van der Waals surface area contributed by atoms with Crippen molar-refractivity contribution in [1.29, 1.82) is 0 Å². The van der Waals surface area contributed by atoms with Crippen LogP contribution in [0.15, 0.2) is 46.2 Å². The van der Waals surface area contributed by atoms with Crippen molar-refractivity contribution in [3.05, 3.63) is 41.3 Å². The van der Waals surface area contributed by atoms with Crippen LogP contribution in [0, 0.1) is 0 Å². The van der Waals surface area contributed by atoms with Crippen LogP contribution in [0.5, 0.6) is 0 Å². The highest BCUT2D eigenvalue weighted by molar-refractivity contribution is 8.03. The maximum Gasteiger partial charge on any atom is 0.0845 e. The molecule has 0 spiro atoms. The molecule has 0 aliphatic carbocycles. The Morgan fingerprint density at radius 2 is 2.07 bits per heavy atom. The highest BCUT2D eigenvalue weighted by Crippen LogP contribution is 2.29. The van der Waals surface area contributed by atoms with Gasteiger partial charge in [0.25, 0.3) is 0 Å². The van der Waals surface area contributed by atoms with E-state index in [0.29, 0.717) is 0 Å². The average Bonchev–Trinajstić information content (AvgIpc) is 2.26. The average molecular weight is 208 g/mol. The largest absolute Gasteiger partial charge is 0.388 e. The van der Waals surface area contributed by atoms with Crippen LogP contribution < -0.4 is 0 Å². The summed E-state index contributed by atoms with van der Waals surface area (Å²) in [5.41, 5.74) is 0. The molecule has 0 aliphatic heterocycles. The first-order valence-corrected chi connectivity index (χ1v) is 5.66. The molecule has 0 saturated carbocycles. The zero-order valence-corrected chi connectivity index (χ0v) is 9.42. The lowest BCUT2D eigenvalue weighted by Crippen LogP contribution is -2.05. The standard InChI is InChI=1S/C12H16OS/c1-3-11(13)12(4-2)14-10-8-6-5-7-9-10/h4-9,11,13H,3H2,1-2H3/b12-4+. The molecule has 76 valence electrons. The van der Waals surface area contributed by atoms with Crippen LogP contribution in [0.1, 0.15) is 20.3 Å². The second-order valence-electron chi connectivity index (χ2n) is 3.03. The zero-order chi connectivity index (χ0) is 10.4. The van der Waals surface area contributed by atoms with Gasteiger partial charge < -0.3 is 5.11 Å². The topological polar surface area (TPSA) is 20.2 Å². The second kappa shape index (κ2) is 5.89. The maximum absolute atomic E-state index is 9.69. The Bertz CT molecular complexity index is 292. The first-order chi connectivity index (χ1) is 6.77. The highest BCUT2D eigenvalue weighted by atomic mass is 32.2. The molecule has 0 fully saturated rings. The third kappa shape index (κ3) is 3.20. The lowest BCUT2D eigenvalue weighted by atomic mass is 10.2. The van der Waals surface area contributed by atoms with E-state index in [1.165, 1.54) is 4.90 Å². The third-order valence-electron chi connectivity index (χ3n) is 1.98. The normalized spacial score (nSPS) is 14.1. The number of benzene rings is 1. The van der Waals surface area contributed by atoms with Crippen molar-refractivity contribution in [2.75, 3.05) is 0 Å². The van der Waals surface area contributed by atoms with Gasteiger partial charge in [0.15, 0.2) is 0 Å². The van der Waals surface area contributed by atoms with Crippen LogP contribution in [0.4, 0.5) is 0 Å². The molecule has 0 saturated heterocycles. The molecule has 0 heterocycles. The molecule has 1 nitrogen and oxygen atoms in total. The van der Waals surface area contributed by atoms with Crippen molar-refractivity contribution in [1.82, 2.24) is 0 Å². The Morgan fingerprint density at radius 1 is 1.43 bits per heavy atom. The molecule has 1 aromatic carbocycles. The number of aliphatic hydroxyl groups excluding tert-OH is 1. The van der Waals surface area contributed by atoms with E-state index in [4.69, 9.17) is 0 Å². The third-order valence-corrected chi connectivity index (χ3v) is 3.23. The summed E-state index contributed by atoms with van der Waals surface area (Å²) in [4.78, 5) is 2.20. The summed E-state index contributed by atoms with van der Waals surface area (Å²) in [6.07, 6.45) is 2.41. The number of thioether (sulfide) groups is 1. The van der Waals surface area contributed by atoms with Gasteiger partial charge >= 0.3 is 0 Å². The first-order valence-electron chi connectivity index (χ1n) is 4.85. The highest BCUT2D eigenvalue weighted by Gasteiger charge is 2.08. The molecular weight excluding hydrogens is 192 g/mol. The quantitative estimate of drug-likeness (QED) is 0.765. The fourth-order valence-electron chi connectivity index (χ4n) is 1.15. The lowest BCUT2D eigenvalue weighted by molar-refractivity contribution is 0.215. The van der Waals surface area contributed by atoms with Crippen LogP contribution in [0.25, 0.3) is 0 Å². The summed E-state index contributed by atoms with van der Waals surface area (Å²) in [5.74, 6) is 0. The Morgan fingerprint density at radius 3 is 2.57 bits per heavy atom. The second-order valence-corrected chi connectivity index (χ2v) is 4.18. The monoisotopic (exact) mass is 208 g/mol. The van der Waals surface area contributed by atoms with E-state index in [1.54, 1.807) is 11.8 Å². The van der Waals surface area contributed by atoms with Crippen molar-refractivity contribution in [2.24, 2.45) is 0 Å². The summed E-state index contributed by atoms with van der Waals surface area (Å²) in [5, 5.41) is 9.69. The van der Waals surface area contributed by atoms with Gasteiger partial charge in [-0.3, -0.25) is 0 Å². The lowest BCUT2D eigenvalue weighted by Gasteiger charge is -2.11. The van der Waals surface area contributed by atoms with E-state index >= 15 is 0 Å². The Labute approximate surface area is 89.8 Å². The van der Waals surface area contributed by atoms with Gasteiger partial charge in [0.2, 0.25) is 0 Å². The van der Waals surface area contributed by atoms with Crippen LogP contribution in [0.2, 0.25) is 0 Å². The van der Waals surface area contributed by atoms with Crippen LogP contribution in [0.3, 0.4) is 0 Å². The van der Waals surface area contributed by atoms with Crippen molar-refractivity contribution in [3.8, 4) is 0 Å². The van der Waals surface area contributed by atoms with Crippen molar-refractivity contribution < 1.29 is 5.11 Å². The molecule has 1 unspecified atom stereocenters. The van der Waals surface area contributed by atoms with Gasteiger partial charge in [0.05, 0.1) is 6.10 Å². The molecule has 0 radical (unpaired) electrons. The minimum absolute atomic E-state index is 0.329. The molecule has 0 aliphatic rings. The summed E-state index contributed by atoms with van der Waals surface area (Å²) in [6, 6.07) is 10.1. The molecule has 0 aromatic heterocycles. The smallest absolute Gasteiger partial charge is 0.0845 e. The van der Waals surface area contributed by atoms with Gasteiger partial charge in [-0.1, -0.05) is 43.0 Å². The fourth-order valence-corrected chi connectivity index (χ4v) is 2.13. The SMILES string of the molecule is C/C=C(/Sc1ccccc1)C(O)CC. The van der Waals surface area contributed by atoms with Crippen LogP contribution >= 0.6 is 11.8 Å².